The Labute approximate surface area is 127 Å². The number of rotatable bonds is 4. The minimum atomic E-state index is -0.252. The average Bonchev–Trinajstić information content (AvgIpc) is 2.91. The summed E-state index contributed by atoms with van der Waals surface area (Å²) in [5.41, 5.74) is 7.04. The predicted octanol–water partition coefficient (Wildman–Crippen LogP) is 3.89. The van der Waals surface area contributed by atoms with Crippen molar-refractivity contribution in [3.05, 3.63) is 45.1 Å². The molecule has 0 fully saturated rings. The molecule has 0 saturated heterocycles. The van der Waals surface area contributed by atoms with Crippen LogP contribution in [0.3, 0.4) is 0 Å². The van der Waals surface area contributed by atoms with E-state index in [0.717, 1.165) is 10.4 Å². The summed E-state index contributed by atoms with van der Waals surface area (Å²) in [6.45, 7) is 0. The standard InChI is InChI=1S/C13H14ClNO2S.ClH/c1-16-9-6-5-8(11(14)13(9)17-2)12(15)10-4-3-7-18-10;/h3-7,12H,15H2,1-2H3;1H/t12-;/m0./s1. The number of hydrogen-bond donors (Lipinski definition) is 1. The van der Waals surface area contributed by atoms with Gasteiger partial charge in [-0.05, 0) is 23.1 Å². The molecule has 3 nitrogen and oxygen atoms in total. The van der Waals surface area contributed by atoms with E-state index in [0.29, 0.717) is 16.5 Å². The van der Waals surface area contributed by atoms with Crippen molar-refractivity contribution in [3.63, 3.8) is 0 Å². The zero-order valence-electron chi connectivity index (χ0n) is 10.6. The van der Waals surface area contributed by atoms with Crippen molar-refractivity contribution < 1.29 is 9.47 Å². The van der Waals surface area contributed by atoms with Gasteiger partial charge >= 0.3 is 0 Å². The number of halogens is 2. The van der Waals surface area contributed by atoms with Crippen LogP contribution in [-0.4, -0.2) is 14.2 Å². The topological polar surface area (TPSA) is 44.5 Å². The molecule has 2 aromatic rings. The van der Waals surface area contributed by atoms with Gasteiger partial charge in [0.1, 0.15) is 0 Å². The molecule has 19 heavy (non-hydrogen) atoms. The van der Waals surface area contributed by atoms with Crippen LogP contribution in [0.5, 0.6) is 11.5 Å². The molecule has 1 aromatic heterocycles. The first-order valence-electron chi connectivity index (χ1n) is 5.38. The zero-order valence-corrected chi connectivity index (χ0v) is 12.9. The summed E-state index contributed by atoms with van der Waals surface area (Å²) >= 11 is 7.93. The molecule has 2 rings (SSSR count). The Morgan fingerprint density at radius 1 is 1.21 bits per heavy atom. The summed E-state index contributed by atoms with van der Waals surface area (Å²) in [5.74, 6) is 1.12. The Morgan fingerprint density at radius 2 is 1.95 bits per heavy atom. The molecule has 0 radical (unpaired) electrons. The molecule has 0 aliphatic carbocycles. The van der Waals surface area contributed by atoms with Crippen molar-refractivity contribution in [2.45, 2.75) is 6.04 Å². The lowest BCUT2D eigenvalue weighted by Crippen LogP contribution is -2.11. The third-order valence-corrected chi connectivity index (χ3v) is 4.04. The molecule has 0 saturated carbocycles. The second-order valence-electron chi connectivity index (χ2n) is 3.70. The molecule has 6 heteroatoms. The van der Waals surface area contributed by atoms with Crippen LogP contribution in [0, 0.1) is 0 Å². The van der Waals surface area contributed by atoms with Gasteiger partial charge in [-0.3, -0.25) is 0 Å². The van der Waals surface area contributed by atoms with E-state index in [1.54, 1.807) is 25.6 Å². The van der Waals surface area contributed by atoms with Crippen LogP contribution in [0.1, 0.15) is 16.5 Å². The molecule has 104 valence electrons. The largest absolute Gasteiger partial charge is 0.493 e. The number of benzene rings is 1. The second-order valence-corrected chi connectivity index (χ2v) is 5.05. The van der Waals surface area contributed by atoms with Gasteiger partial charge in [-0.25, -0.2) is 0 Å². The predicted molar refractivity (Wildman–Crippen MR) is 82.2 cm³/mol. The number of nitrogens with two attached hydrogens (primary N) is 1. The van der Waals surface area contributed by atoms with Crippen LogP contribution < -0.4 is 15.2 Å². The Bertz CT molecular complexity index is 532. The van der Waals surface area contributed by atoms with Gasteiger partial charge in [0.25, 0.3) is 0 Å². The van der Waals surface area contributed by atoms with Crippen molar-refractivity contribution in [1.82, 2.24) is 0 Å². The highest BCUT2D eigenvalue weighted by Crippen LogP contribution is 2.40. The summed E-state index contributed by atoms with van der Waals surface area (Å²) in [4.78, 5) is 1.06. The van der Waals surface area contributed by atoms with Crippen LogP contribution in [0.15, 0.2) is 29.6 Å². The van der Waals surface area contributed by atoms with Gasteiger partial charge in [0.15, 0.2) is 11.5 Å². The van der Waals surface area contributed by atoms with Gasteiger partial charge in [0.05, 0.1) is 25.3 Å². The maximum Gasteiger partial charge on any atom is 0.179 e. The highest BCUT2D eigenvalue weighted by atomic mass is 35.5. The fourth-order valence-electron chi connectivity index (χ4n) is 1.77. The van der Waals surface area contributed by atoms with Gasteiger partial charge in [0.2, 0.25) is 0 Å². The first-order valence-corrected chi connectivity index (χ1v) is 6.64. The smallest absolute Gasteiger partial charge is 0.179 e. The summed E-state index contributed by atoms with van der Waals surface area (Å²) in [7, 11) is 3.14. The minimum Gasteiger partial charge on any atom is -0.493 e. The summed E-state index contributed by atoms with van der Waals surface area (Å²) in [5, 5.41) is 2.49. The van der Waals surface area contributed by atoms with Gasteiger partial charge in [0, 0.05) is 4.88 Å². The number of methoxy groups -OCH3 is 2. The van der Waals surface area contributed by atoms with Gasteiger partial charge in [-0.2, -0.15) is 0 Å². The Kier molecular flexibility index (Phi) is 5.94. The molecule has 0 spiro atoms. The second kappa shape index (κ2) is 7.01. The molecular weight excluding hydrogens is 305 g/mol. The van der Waals surface area contributed by atoms with Crippen LogP contribution in [0.4, 0.5) is 0 Å². The van der Waals surface area contributed by atoms with Crippen LogP contribution in [0.25, 0.3) is 0 Å². The lowest BCUT2D eigenvalue weighted by atomic mass is 10.1. The van der Waals surface area contributed by atoms with Gasteiger partial charge < -0.3 is 15.2 Å². The van der Waals surface area contributed by atoms with Crippen molar-refractivity contribution in [2.24, 2.45) is 5.73 Å². The van der Waals surface area contributed by atoms with E-state index < -0.39 is 0 Å². The molecule has 1 aromatic carbocycles. The molecule has 0 bridgehead atoms. The quantitative estimate of drug-likeness (QED) is 0.929. The third kappa shape index (κ3) is 3.15. The molecule has 0 aliphatic rings. The van der Waals surface area contributed by atoms with Crippen LogP contribution in [0.2, 0.25) is 5.02 Å². The Hall–Kier alpha value is -0.940. The van der Waals surface area contributed by atoms with Crippen LogP contribution in [-0.2, 0) is 0 Å². The van der Waals surface area contributed by atoms with Crippen molar-refractivity contribution in [3.8, 4) is 11.5 Å². The van der Waals surface area contributed by atoms with E-state index in [2.05, 4.69) is 0 Å². The monoisotopic (exact) mass is 319 g/mol. The van der Waals surface area contributed by atoms with E-state index in [1.165, 1.54) is 0 Å². The highest BCUT2D eigenvalue weighted by molar-refractivity contribution is 7.10. The van der Waals surface area contributed by atoms with Crippen LogP contribution >= 0.6 is 35.3 Å². The van der Waals surface area contributed by atoms with Crippen molar-refractivity contribution in [1.29, 1.82) is 0 Å². The molecule has 0 aliphatic heterocycles. The summed E-state index contributed by atoms with van der Waals surface area (Å²) < 4.78 is 10.5. The fourth-order valence-corrected chi connectivity index (χ4v) is 2.86. The Balaban J connectivity index is 0.00000180. The lowest BCUT2D eigenvalue weighted by molar-refractivity contribution is 0.354. The number of ether oxygens (including phenoxy) is 2. The maximum absolute atomic E-state index is 6.32. The summed E-state index contributed by atoms with van der Waals surface area (Å²) in [6.07, 6.45) is 0. The fraction of sp³-hybridized carbons (Fsp3) is 0.231. The molecule has 1 heterocycles. The normalized spacial score (nSPS) is 11.6. The summed E-state index contributed by atoms with van der Waals surface area (Å²) in [6, 6.07) is 7.38. The van der Waals surface area contributed by atoms with Gasteiger partial charge in [-0.15, -0.1) is 23.7 Å². The molecule has 0 unspecified atom stereocenters. The van der Waals surface area contributed by atoms with E-state index in [9.17, 15) is 0 Å². The average molecular weight is 320 g/mol. The molecule has 0 amide bonds. The number of thiophene rings is 1. The Morgan fingerprint density at radius 3 is 2.47 bits per heavy atom. The first-order chi connectivity index (χ1) is 8.69. The van der Waals surface area contributed by atoms with E-state index in [-0.39, 0.29) is 18.4 Å². The van der Waals surface area contributed by atoms with Gasteiger partial charge in [-0.1, -0.05) is 23.7 Å². The first kappa shape index (κ1) is 16.1. The van der Waals surface area contributed by atoms with E-state index in [1.807, 2.05) is 29.6 Å². The van der Waals surface area contributed by atoms with E-state index >= 15 is 0 Å². The van der Waals surface area contributed by atoms with Crippen molar-refractivity contribution >= 4 is 35.3 Å². The molecular formula is C13H15Cl2NO2S. The molecule has 1 atom stereocenters. The highest BCUT2D eigenvalue weighted by Gasteiger charge is 2.19. The zero-order chi connectivity index (χ0) is 13.1. The van der Waals surface area contributed by atoms with Crippen molar-refractivity contribution in [2.75, 3.05) is 14.2 Å². The lowest BCUT2D eigenvalue weighted by Gasteiger charge is -2.16. The maximum atomic E-state index is 6.32. The van der Waals surface area contributed by atoms with E-state index in [4.69, 9.17) is 26.8 Å². The SMILES string of the molecule is COc1ccc([C@H](N)c2cccs2)c(Cl)c1OC.Cl. The minimum absolute atomic E-state index is 0. The molecule has 2 N–H and O–H groups in total. The third-order valence-electron chi connectivity index (χ3n) is 2.70. The number of hydrogen-bond acceptors (Lipinski definition) is 4.